The number of hydrogen-bond donors (Lipinski definition) is 1. The van der Waals surface area contributed by atoms with Gasteiger partial charge in [0.2, 0.25) is 0 Å². The first kappa shape index (κ1) is 12.6. The molecule has 0 spiro atoms. The molecule has 0 atom stereocenters. The van der Waals surface area contributed by atoms with Gasteiger partial charge in [0.25, 0.3) is 0 Å². The van der Waals surface area contributed by atoms with E-state index in [0.29, 0.717) is 0 Å². The summed E-state index contributed by atoms with van der Waals surface area (Å²) in [6.07, 6.45) is 5.18. The lowest BCUT2D eigenvalue weighted by Gasteiger charge is -2.17. The molecule has 0 aliphatic heterocycles. The molecule has 2 aromatic rings. The molecule has 0 unspecified atom stereocenters. The zero-order valence-corrected chi connectivity index (χ0v) is 10.8. The van der Waals surface area contributed by atoms with E-state index in [1.165, 1.54) is 0 Å². The fraction of sp³-hybridized carbons (Fsp3) is 0.357. The standard InChI is InChI=1S/C14H18N4/c1-14(2,15)8-6-13-17-10-7-12(18-13)11-5-3-4-9-16-11/h3-5,7,9-10H,6,8,15H2,1-2H3. The van der Waals surface area contributed by atoms with Crippen molar-refractivity contribution in [3.05, 3.63) is 42.5 Å². The summed E-state index contributed by atoms with van der Waals surface area (Å²) in [5, 5.41) is 0. The van der Waals surface area contributed by atoms with Crippen LogP contribution in [0.4, 0.5) is 0 Å². The predicted molar refractivity (Wildman–Crippen MR) is 71.9 cm³/mol. The molecule has 2 aromatic heterocycles. The van der Waals surface area contributed by atoms with Gasteiger partial charge in [-0.25, -0.2) is 9.97 Å². The first-order chi connectivity index (χ1) is 8.54. The summed E-state index contributed by atoms with van der Waals surface area (Å²) < 4.78 is 0. The second-order valence-corrected chi connectivity index (χ2v) is 5.06. The van der Waals surface area contributed by atoms with Gasteiger partial charge >= 0.3 is 0 Å². The van der Waals surface area contributed by atoms with Crippen molar-refractivity contribution in [2.24, 2.45) is 5.73 Å². The Hall–Kier alpha value is -1.81. The van der Waals surface area contributed by atoms with Crippen molar-refractivity contribution in [1.82, 2.24) is 15.0 Å². The normalized spacial score (nSPS) is 11.5. The van der Waals surface area contributed by atoms with Gasteiger partial charge in [0, 0.05) is 24.4 Å². The third-order valence-electron chi connectivity index (χ3n) is 2.63. The Balaban J connectivity index is 2.16. The van der Waals surface area contributed by atoms with Crippen LogP contribution in [0.5, 0.6) is 0 Å². The van der Waals surface area contributed by atoms with Gasteiger partial charge in [0.05, 0.1) is 11.4 Å². The maximum Gasteiger partial charge on any atom is 0.129 e. The fourth-order valence-corrected chi connectivity index (χ4v) is 1.61. The van der Waals surface area contributed by atoms with E-state index in [2.05, 4.69) is 15.0 Å². The quantitative estimate of drug-likeness (QED) is 0.892. The van der Waals surface area contributed by atoms with Crippen molar-refractivity contribution in [3.8, 4) is 11.4 Å². The highest BCUT2D eigenvalue weighted by molar-refractivity contribution is 5.52. The summed E-state index contributed by atoms with van der Waals surface area (Å²) >= 11 is 0. The predicted octanol–water partition coefficient (Wildman–Crippen LogP) is 2.21. The highest BCUT2D eigenvalue weighted by Crippen LogP contribution is 2.14. The molecule has 0 fully saturated rings. The molecule has 0 aliphatic rings. The number of aromatic nitrogens is 3. The van der Waals surface area contributed by atoms with E-state index in [-0.39, 0.29) is 5.54 Å². The van der Waals surface area contributed by atoms with Crippen LogP contribution >= 0.6 is 0 Å². The fourth-order valence-electron chi connectivity index (χ4n) is 1.61. The Morgan fingerprint density at radius 2 is 1.89 bits per heavy atom. The zero-order chi connectivity index (χ0) is 13.0. The minimum Gasteiger partial charge on any atom is -0.326 e. The molecule has 0 amide bonds. The molecule has 0 radical (unpaired) electrons. The highest BCUT2D eigenvalue weighted by Gasteiger charge is 2.12. The number of aryl methyl sites for hydroxylation is 1. The van der Waals surface area contributed by atoms with Crippen molar-refractivity contribution >= 4 is 0 Å². The smallest absolute Gasteiger partial charge is 0.129 e. The van der Waals surface area contributed by atoms with Gasteiger partial charge in [-0.15, -0.1) is 0 Å². The molecule has 0 aromatic carbocycles. The molecule has 18 heavy (non-hydrogen) atoms. The van der Waals surface area contributed by atoms with Gasteiger partial charge in [0.1, 0.15) is 5.82 Å². The van der Waals surface area contributed by atoms with Crippen LogP contribution in [0.25, 0.3) is 11.4 Å². The van der Waals surface area contributed by atoms with Gasteiger partial charge in [-0.1, -0.05) is 6.07 Å². The Kier molecular flexibility index (Phi) is 3.67. The molecule has 0 saturated heterocycles. The molecular weight excluding hydrogens is 224 g/mol. The molecule has 2 heterocycles. The van der Waals surface area contributed by atoms with Crippen LogP contribution in [0.3, 0.4) is 0 Å². The number of rotatable bonds is 4. The summed E-state index contributed by atoms with van der Waals surface area (Å²) in [5.74, 6) is 0.816. The van der Waals surface area contributed by atoms with Crippen LogP contribution in [0.15, 0.2) is 36.7 Å². The number of nitrogens with two attached hydrogens (primary N) is 1. The molecule has 0 saturated carbocycles. The van der Waals surface area contributed by atoms with Crippen LogP contribution in [-0.2, 0) is 6.42 Å². The first-order valence-electron chi connectivity index (χ1n) is 6.07. The van der Waals surface area contributed by atoms with E-state index < -0.39 is 0 Å². The number of nitrogens with zero attached hydrogens (tertiary/aromatic N) is 3. The van der Waals surface area contributed by atoms with Gasteiger partial charge < -0.3 is 5.73 Å². The van der Waals surface area contributed by atoms with Gasteiger partial charge in [-0.2, -0.15) is 0 Å². The average Bonchev–Trinajstić information content (AvgIpc) is 2.37. The van der Waals surface area contributed by atoms with E-state index in [4.69, 9.17) is 5.73 Å². The van der Waals surface area contributed by atoms with Crippen molar-refractivity contribution < 1.29 is 0 Å². The Bertz CT molecular complexity index is 503. The van der Waals surface area contributed by atoms with Crippen LogP contribution < -0.4 is 5.73 Å². The molecule has 94 valence electrons. The van der Waals surface area contributed by atoms with E-state index in [1.54, 1.807) is 12.4 Å². The van der Waals surface area contributed by atoms with Gasteiger partial charge in [-0.05, 0) is 38.5 Å². The van der Waals surface area contributed by atoms with Crippen LogP contribution in [0, 0.1) is 0 Å². The summed E-state index contributed by atoms with van der Waals surface area (Å²) in [6.45, 7) is 4.02. The second kappa shape index (κ2) is 5.23. The summed E-state index contributed by atoms with van der Waals surface area (Å²) in [7, 11) is 0. The molecule has 2 rings (SSSR count). The molecule has 4 heteroatoms. The Morgan fingerprint density at radius 1 is 1.06 bits per heavy atom. The van der Waals surface area contributed by atoms with Crippen molar-refractivity contribution in [1.29, 1.82) is 0 Å². The Morgan fingerprint density at radius 3 is 2.56 bits per heavy atom. The van der Waals surface area contributed by atoms with E-state index in [0.717, 1.165) is 30.1 Å². The van der Waals surface area contributed by atoms with Crippen molar-refractivity contribution in [2.75, 3.05) is 0 Å². The molecule has 4 nitrogen and oxygen atoms in total. The largest absolute Gasteiger partial charge is 0.326 e. The van der Waals surface area contributed by atoms with Crippen LogP contribution in [0.1, 0.15) is 26.1 Å². The SMILES string of the molecule is CC(C)(N)CCc1nccc(-c2ccccn2)n1. The van der Waals surface area contributed by atoms with Crippen molar-refractivity contribution in [2.45, 2.75) is 32.2 Å². The highest BCUT2D eigenvalue weighted by atomic mass is 14.9. The van der Waals surface area contributed by atoms with Crippen molar-refractivity contribution in [3.63, 3.8) is 0 Å². The van der Waals surface area contributed by atoms with Gasteiger partial charge in [0.15, 0.2) is 0 Å². The maximum absolute atomic E-state index is 5.96. The van der Waals surface area contributed by atoms with Crippen LogP contribution in [0.2, 0.25) is 0 Å². The minimum atomic E-state index is -0.190. The lowest BCUT2D eigenvalue weighted by Crippen LogP contribution is -2.32. The number of hydrogen-bond acceptors (Lipinski definition) is 4. The zero-order valence-electron chi connectivity index (χ0n) is 10.8. The molecule has 2 N–H and O–H groups in total. The van der Waals surface area contributed by atoms with Crippen LogP contribution in [-0.4, -0.2) is 20.5 Å². The van der Waals surface area contributed by atoms with Gasteiger partial charge in [-0.3, -0.25) is 4.98 Å². The summed E-state index contributed by atoms with van der Waals surface area (Å²) in [5.41, 5.74) is 7.50. The third kappa shape index (κ3) is 3.60. The summed E-state index contributed by atoms with van der Waals surface area (Å²) in [6, 6.07) is 7.66. The second-order valence-electron chi connectivity index (χ2n) is 5.06. The maximum atomic E-state index is 5.96. The average molecular weight is 242 g/mol. The van der Waals surface area contributed by atoms with E-state index in [9.17, 15) is 0 Å². The number of pyridine rings is 1. The molecule has 0 aliphatic carbocycles. The molecule has 0 bridgehead atoms. The molecular formula is C14H18N4. The summed E-state index contributed by atoms with van der Waals surface area (Å²) in [4.78, 5) is 13.1. The Labute approximate surface area is 107 Å². The van der Waals surface area contributed by atoms with E-state index >= 15 is 0 Å². The lowest BCUT2D eigenvalue weighted by atomic mass is 10.00. The monoisotopic (exact) mass is 242 g/mol. The van der Waals surface area contributed by atoms with E-state index in [1.807, 2.05) is 38.1 Å². The third-order valence-corrected chi connectivity index (χ3v) is 2.63. The topological polar surface area (TPSA) is 64.7 Å². The first-order valence-corrected chi connectivity index (χ1v) is 6.07. The lowest BCUT2D eigenvalue weighted by molar-refractivity contribution is 0.471. The minimum absolute atomic E-state index is 0.190.